The zero-order valence-corrected chi connectivity index (χ0v) is 12.3. The lowest BCUT2D eigenvalue weighted by molar-refractivity contribution is -0.140. The van der Waals surface area contributed by atoms with Gasteiger partial charge in [-0.1, -0.05) is 12.8 Å². The van der Waals surface area contributed by atoms with Gasteiger partial charge in [0.05, 0.1) is 31.4 Å². The number of hydrogen-bond donors (Lipinski definition) is 1. The minimum atomic E-state index is -0.771. The minimum absolute atomic E-state index is 0.0483. The van der Waals surface area contributed by atoms with Gasteiger partial charge >= 0.3 is 5.97 Å². The summed E-state index contributed by atoms with van der Waals surface area (Å²) in [6, 6.07) is 2.57. The first-order valence-electron chi connectivity index (χ1n) is 7.80. The van der Waals surface area contributed by atoms with Crippen molar-refractivity contribution >= 4 is 5.97 Å². The SMILES string of the molecule is O=C(O)CC1COCCN1Cc1ccn(C2CCCC2)n1. The predicted molar refractivity (Wildman–Crippen MR) is 77.0 cm³/mol. The van der Waals surface area contributed by atoms with E-state index in [0.717, 1.165) is 12.2 Å². The number of morpholine rings is 1. The summed E-state index contributed by atoms with van der Waals surface area (Å²) in [5.74, 6) is -0.771. The Hall–Kier alpha value is -1.40. The largest absolute Gasteiger partial charge is 0.481 e. The van der Waals surface area contributed by atoms with Crippen LogP contribution < -0.4 is 0 Å². The second kappa shape index (κ2) is 6.58. The van der Waals surface area contributed by atoms with Crippen molar-refractivity contribution < 1.29 is 14.6 Å². The molecule has 1 aliphatic heterocycles. The molecule has 6 heteroatoms. The Morgan fingerprint density at radius 1 is 1.43 bits per heavy atom. The molecule has 0 radical (unpaired) electrons. The third-order valence-electron chi connectivity index (χ3n) is 4.49. The van der Waals surface area contributed by atoms with E-state index in [1.165, 1.54) is 25.7 Å². The number of carboxylic acid groups (broad SMARTS) is 1. The van der Waals surface area contributed by atoms with Gasteiger partial charge in [-0.05, 0) is 18.9 Å². The van der Waals surface area contributed by atoms with Crippen LogP contribution in [0.4, 0.5) is 0 Å². The zero-order valence-electron chi connectivity index (χ0n) is 12.3. The van der Waals surface area contributed by atoms with Crippen LogP contribution in [-0.2, 0) is 16.1 Å². The van der Waals surface area contributed by atoms with Gasteiger partial charge in [0.25, 0.3) is 0 Å². The van der Waals surface area contributed by atoms with Crippen LogP contribution in [0.25, 0.3) is 0 Å². The summed E-state index contributed by atoms with van der Waals surface area (Å²) < 4.78 is 7.50. The number of nitrogens with zero attached hydrogens (tertiary/aromatic N) is 3. The number of ether oxygens (including phenoxy) is 1. The van der Waals surface area contributed by atoms with Gasteiger partial charge in [-0.15, -0.1) is 0 Å². The van der Waals surface area contributed by atoms with Gasteiger partial charge in [0.2, 0.25) is 0 Å². The van der Waals surface area contributed by atoms with Crippen molar-refractivity contribution in [3.05, 3.63) is 18.0 Å². The zero-order chi connectivity index (χ0) is 14.7. The fourth-order valence-corrected chi connectivity index (χ4v) is 3.33. The van der Waals surface area contributed by atoms with Gasteiger partial charge in [0.15, 0.2) is 0 Å². The van der Waals surface area contributed by atoms with E-state index in [0.29, 0.717) is 25.8 Å². The van der Waals surface area contributed by atoms with Gasteiger partial charge in [-0.25, -0.2) is 0 Å². The summed E-state index contributed by atoms with van der Waals surface area (Å²) in [5, 5.41) is 13.7. The number of rotatable bonds is 5. The van der Waals surface area contributed by atoms with Gasteiger partial charge < -0.3 is 9.84 Å². The van der Waals surface area contributed by atoms with Crippen LogP contribution in [0.1, 0.15) is 43.8 Å². The maximum Gasteiger partial charge on any atom is 0.305 e. The van der Waals surface area contributed by atoms with Gasteiger partial charge in [0.1, 0.15) is 0 Å². The molecule has 0 aromatic carbocycles. The lowest BCUT2D eigenvalue weighted by atomic mass is 10.1. The van der Waals surface area contributed by atoms with Crippen LogP contribution in [0, 0.1) is 0 Å². The molecule has 2 heterocycles. The lowest BCUT2D eigenvalue weighted by Gasteiger charge is -2.34. The first kappa shape index (κ1) is 14.5. The predicted octanol–water partition coefficient (Wildman–Crippen LogP) is 1.67. The second-order valence-electron chi connectivity index (χ2n) is 6.02. The van der Waals surface area contributed by atoms with Gasteiger partial charge in [-0.2, -0.15) is 5.10 Å². The van der Waals surface area contributed by atoms with Crippen LogP contribution >= 0.6 is 0 Å². The fourth-order valence-electron chi connectivity index (χ4n) is 3.33. The molecular formula is C15H23N3O3. The molecule has 0 bridgehead atoms. The fraction of sp³-hybridized carbons (Fsp3) is 0.733. The van der Waals surface area contributed by atoms with Crippen molar-refractivity contribution in [2.45, 2.75) is 50.7 Å². The summed E-state index contributed by atoms with van der Waals surface area (Å²) in [6.45, 7) is 2.64. The molecule has 1 aliphatic carbocycles. The molecular weight excluding hydrogens is 270 g/mol. The molecule has 1 saturated carbocycles. The summed E-state index contributed by atoms with van der Waals surface area (Å²) >= 11 is 0. The van der Waals surface area contributed by atoms with E-state index in [4.69, 9.17) is 9.84 Å². The Balaban J connectivity index is 1.62. The van der Waals surface area contributed by atoms with Gasteiger partial charge in [-0.3, -0.25) is 14.4 Å². The molecule has 3 rings (SSSR count). The van der Waals surface area contributed by atoms with Crippen molar-refractivity contribution in [3.63, 3.8) is 0 Å². The number of hydrogen-bond acceptors (Lipinski definition) is 4. The van der Waals surface area contributed by atoms with E-state index in [2.05, 4.69) is 26.9 Å². The maximum absolute atomic E-state index is 10.9. The molecule has 0 spiro atoms. The van der Waals surface area contributed by atoms with E-state index in [1.807, 2.05) is 0 Å². The van der Waals surface area contributed by atoms with Crippen molar-refractivity contribution in [1.82, 2.24) is 14.7 Å². The molecule has 1 unspecified atom stereocenters. The van der Waals surface area contributed by atoms with Crippen molar-refractivity contribution in [3.8, 4) is 0 Å². The molecule has 1 saturated heterocycles. The molecule has 1 N–H and O–H groups in total. The highest BCUT2D eigenvalue weighted by molar-refractivity contribution is 5.67. The van der Waals surface area contributed by atoms with E-state index >= 15 is 0 Å². The monoisotopic (exact) mass is 293 g/mol. The van der Waals surface area contributed by atoms with Gasteiger partial charge in [0, 0.05) is 25.3 Å². The standard InChI is InChI=1S/C15H23N3O3/c19-15(20)9-14-11-21-8-7-17(14)10-12-5-6-18(16-12)13-3-1-2-4-13/h5-6,13-14H,1-4,7-11H2,(H,19,20). The normalized spacial score (nSPS) is 24.5. The molecule has 116 valence electrons. The highest BCUT2D eigenvalue weighted by Gasteiger charge is 2.26. The third-order valence-corrected chi connectivity index (χ3v) is 4.49. The quantitative estimate of drug-likeness (QED) is 0.894. The molecule has 0 amide bonds. The van der Waals surface area contributed by atoms with Crippen LogP contribution in [0.15, 0.2) is 12.3 Å². The van der Waals surface area contributed by atoms with E-state index < -0.39 is 5.97 Å². The third kappa shape index (κ3) is 3.63. The topological polar surface area (TPSA) is 67.6 Å². The van der Waals surface area contributed by atoms with Crippen molar-refractivity contribution in [1.29, 1.82) is 0 Å². The number of carbonyl (C=O) groups is 1. The molecule has 6 nitrogen and oxygen atoms in total. The number of aromatic nitrogens is 2. The smallest absolute Gasteiger partial charge is 0.305 e. The highest BCUT2D eigenvalue weighted by atomic mass is 16.5. The maximum atomic E-state index is 10.9. The summed E-state index contributed by atoms with van der Waals surface area (Å²) in [6.07, 6.45) is 7.23. The highest BCUT2D eigenvalue weighted by Crippen LogP contribution is 2.28. The lowest BCUT2D eigenvalue weighted by Crippen LogP contribution is -2.45. The Kier molecular flexibility index (Phi) is 4.55. The number of carboxylic acids is 1. The summed E-state index contributed by atoms with van der Waals surface area (Å²) in [4.78, 5) is 13.1. The Morgan fingerprint density at radius 3 is 3.00 bits per heavy atom. The Morgan fingerprint density at radius 2 is 2.24 bits per heavy atom. The van der Waals surface area contributed by atoms with Crippen LogP contribution in [-0.4, -0.2) is 51.6 Å². The molecule has 1 atom stereocenters. The van der Waals surface area contributed by atoms with Crippen molar-refractivity contribution in [2.24, 2.45) is 0 Å². The van der Waals surface area contributed by atoms with E-state index in [9.17, 15) is 4.79 Å². The molecule has 2 fully saturated rings. The summed E-state index contributed by atoms with van der Waals surface area (Å²) in [5.41, 5.74) is 1.03. The Labute approximate surface area is 124 Å². The molecule has 1 aromatic rings. The average molecular weight is 293 g/mol. The summed E-state index contributed by atoms with van der Waals surface area (Å²) in [7, 11) is 0. The minimum Gasteiger partial charge on any atom is -0.481 e. The van der Waals surface area contributed by atoms with Crippen LogP contribution in [0.5, 0.6) is 0 Å². The molecule has 1 aromatic heterocycles. The first-order valence-corrected chi connectivity index (χ1v) is 7.80. The van der Waals surface area contributed by atoms with Crippen LogP contribution in [0.2, 0.25) is 0 Å². The molecule has 2 aliphatic rings. The number of aliphatic carboxylic acids is 1. The first-order chi connectivity index (χ1) is 10.2. The van der Waals surface area contributed by atoms with Crippen molar-refractivity contribution in [2.75, 3.05) is 19.8 Å². The Bertz CT molecular complexity index is 482. The van der Waals surface area contributed by atoms with Crippen LogP contribution in [0.3, 0.4) is 0 Å². The second-order valence-corrected chi connectivity index (χ2v) is 6.02. The average Bonchev–Trinajstić information content (AvgIpc) is 3.11. The van der Waals surface area contributed by atoms with E-state index in [-0.39, 0.29) is 12.5 Å². The molecule has 21 heavy (non-hydrogen) atoms. The van der Waals surface area contributed by atoms with E-state index in [1.54, 1.807) is 0 Å².